The lowest BCUT2D eigenvalue weighted by molar-refractivity contribution is -0.149. The number of carbonyl (C=O) groups is 2. The molecule has 21 heavy (non-hydrogen) atoms. The van der Waals surface area contributed by atoms with E-state index in [2.05, 4.69) is 6.58 Å². The van der Waals surface area contributed by atoms with Gasteiger partial charge in [-0.25, -0.2) is 0 Å². The van der Waals surface area contributed by atoms with Gasteiger partial charge < -0.3 is 14.4 Å². The van der Waals surface area contributed by atoms with Gasteiger partial charge in [0, 0.05) is 25.5 Å². The third kappa shape index (κ3) is 2.77. The molecule has 116 valence electrons. The fourth-order valence-corrected chi connectivity index (χ4v) is 3.80. The molecule has 2 saturated heterocycles. The molecule has 1 saturated carbocycles. The van der Waals surface area contributed by atoms with E-state index in [1.54, 1.807) is 6.08 Å². The van der Waals surface area contributed by atoms with Crippen LogP contribution in [0.15, 0.2) is 12.7 Å². The van der Waals surface area contributed by atoms with Crippen molar-refractivity contribution in [1.29, 1.82) is 0 Å². The Morgan fingerprint density at radius 2 is 2.19 bits per heavy atom. The lowest BCUT2D eigenvalue weighted by Crippen LogP contribution is -2.55. The highest BCUT2D eigenvalue weighted by molar-refractivity contribution is 5.85. The lowest BCUT2D eigenvalue weighted by Gasteiger charge is -2.40. The minimum atomic E-state index is -0.194. The second kappa shape index (κ2) is 6.28. The Morgan fingerprint density at radius 3 is 2.90 bits per heavy atom. The summed E-state index contributed by atoms with van der Waals surface area (Å²) < 4.78 is 11.1. The number of hydrogen-bond acceptors (Lipinski definition) is 4. The Kier molecular flexibility index (Phi) is 4.40. The summed E-state index contributed by atoms with van der Waals surface area (Å²) in [4.78, 5) is 26.8. The molecule has 4 atom stereocenters. The molecule has 0 aromatic rings. The van der Waals surface area contributed by atoms with Crippen LogP contribution >= 0.6 is 0 Å². The zero-order valence-corrected chi connectivity index (χ0v) is 12.3. The van der Waals surface area contributed by atoms with Crippen molar-refractivity contribution in [3.8, 4) is 0 Å². The minimum absolute atomic E-state index is 0.0428. The summed E-state index contributed by atoms with van der Waals surface area (Å²) in [6.45, 7) is 5.96. The number of amides is 1. The second-order valence-electron chi connectivity index (χ2n) is 6.11. The maximum absolute atomic E-state index is 12.9. The van der Waals surface area contributed by atoms with Crippen LogP contribution in [0.3, 0.4) is 0 Å². The molecular weight excluding hydrogens is 270 g/mol. The Morgan fingerprint density at radius 1 is 1.33 bits per heavy atom. The molecule has 0 bridgehead atoms. The zero-order valence-electron chi connectivity index (χ0n) is 12.3. The average Bonchev–Trinajstić information content (AvgIpc) is 3.14. The van der Waals surface area contributed by atoms with Gasteiger partial charge in [0.05, 0.1) is 31.3 Å². The van der Waals surface area contributed by atoms with Crippen LogP contribution in [0, 0.1) is 11.8 Å². The Labute approximate surface area is 125 Å². The van der Waals surface area contributed by atoms with E-state index in [9.17, 15) is 9.59 Å². The van der Waals surface area contributed by atoms with Crippen LogP contribution in [0.5, 0.6) is 0 Å². The maximum Gasteiger partial charge on any atom is 0.229 e. The van der Waals surface area contributed by atoms with Crippen LogP contribution in [0.1, 0.15) is 25.7 Å². The van der Waals surface area contributed by atoms with Gasteiger partial charge in [-0.15, -0.1) is 6.58 Å². The van der Waals surface area contributed by atoms with Gasteiger partial charge in [0.2, 0.25) is 5.91 Å². The molecule has 2 aliphatic heterocycles. The molecule has 0 aromatic heterocycles. The predicted octanol–water partition coefficient (Wildman–Crippen LogP) is 1.17. The summed E-state index contributed by atoms with van der Waals surface area (Å²) in [5, 5.41) is 0. The van der Waals surface area contributed by atoms with E-state index in [-0.39, 0.29) is 35.7 Å². The molecule has 2 heterocycles. The van der Waals surface area contributed by atoms with Crippen LogP contribution in [0.4, 0.5) is 0 Å². The average molecular weight is 293 g/mol. The molecule has 5 nitrogen and oxygen atoms in total. The quantitative estimate of drug-likeness (QED) is 0.733. The number of carbonyl (C=O) groups excluding carboxylic acids is 2. The zero-order chi connectivity index (χ0) is 14.8. The number of morpholine rings is 1. The van der Waals surface area contributed by atoms with Crippen molar-refractivity contribution in [2.75, 3.05) is 26.4 Å². The van der Waals surface area contributed by atoms with Gasteiger partial charge in [-0.1, -0.05) is 6.08 Å². The second-order valence-corrected chi connectivity index (χ2v) is 6.11. The summed E-state index contributed by atoms with van der Waals surface area (Å²) in [5.41, 5.74) is 0. The van der Waals surface area contributed by atoms with Gasteiger partial charge in [0.15, 0.2) is 0 Å². The van der Waals surface area contributed by atoms with Crippen molar-refractivity contribution in [1.82, 2.24) is 4.90 Å². The number of rotatable bonds is 3. The van der Waals surface area contributed by atoms with E-state index in [0.29, 0.717) is 32.8 Å². The van der Waals surface area contributed by atoms with Crippen molar-refractivity contribution >= 4 is 11.7 Å². The molecule has 0 aromatic carbocycles. The third-order valence-corrected chi connectivity index (χ3v) is 4.95. The monoisotopic (exact) mass is 293 g/mol. The predicted molar refractivity (Wildman–Crippen MR) is 76.7 cm³/mol. The van der Waals surface area contributed by atoms with Crippen LogP contribution in [-0.4, -0.2) is 55.1 Å². The van der Waals surface area contributed by atoms with Crippen molar-refractivity contribution in [2.45, 2.75) is 37.8 Å². The number of ketones is 1. The molecule has 1 aliphatic carbocycles. The molecule has 0 radical (unpaired) electrons. The molecule has 3 fully saturated rings. The lowest BCUT2D eigenvalue weighted by atomic mass is 9.92. The highest BCUT2D eigenvalue weighted by atomic mass is 16.5. The molecule has 1 amide bonds. The van der Waals surface area contributed by atoms with Gasteiger partial charge in [-0.2, -0.15) is 0 Å². The molecule has 2 unspecified atom stereocenters. The fraction of sp³-hybridized carbons (Fsp3) is 0.750. The van der Waals surface area contributed by atoms with E-state index >= 15 is 0 Å². The number of nitrogens with zero attached hydrogens (tertiary/aromatic N) is 1. The summed E-state index contributed by atoms with van der Waals surface area (Å²) in [6, 6.07) is -0.0904. The first-order valence-corrected chi connectivity index (χ1v) is 7.87. The SMILES string of the molecule is C=C[C@@H]1OCC[C@H]1C(=O)N1CCOCC1C1CCCC1=O. The number of Topliss-reactive ketones (excluding diaryl/α,β-unsaturated/α-hetero) is 1. The van der Waals surface area contributed by atoms with Crippen molar-refractivity contribution < 1.29 is 19.1 Å². The molecule has 0 spiro atoms. The summed E-state index contributed by atoms with van der Waals surface area (Å²) >= 11 is 0. The topological polar surface area (TPSA) is 55.8 Å². The summed E-state index contributed by atoms with van der Waals surface area (Å²) in [5.74, 6) is 0.190. The molecular formula is C16H23NO4. The van der Waals surface area contributed by atoms with Gasteiger partial charge in [0.1, 0.15) is 5.78 Å². The normalized spacial score (nSPS) is 37.0. The van der Waals surface area contributed by atoms with Gasteiger partial charge >= 0.3 is 0 Å². The Hall–Kier alpha value is -1.20. The van der Waals surface area contributed by atoms with Gasteiger partial charge in [-0.05, 0) is 19.3 Å². The van der Waals surface area contributed by atoms with Crippen molar-refractivity contribution in [3.63, 3.8) is 0 Å². The molecule has 3 aliphatic rings. The fourth-order valence-electron chi connectivity index (χ4n) is 3.80. The van der Waals surface area contributed by atoms with Crippen LogP contribution in [0.25, 0.3) is 0 Å². The third-order valence-electron chi connectivity index (χ3n) is 4.95. The Balaban J connectivity index is 1.75. The smallest absolute Gasteiger partial charge is 0.229 e. The number of hydrogen-bond donors (Lipinski definition) is 0. The molecule has 3 rings (SSSR count). The van der Waals surface area contributed by atoms with E-state index in [1.807, 2.05) is 4.90 Å². The van der Waals surface area contributed by atoms with Gasteiger partial charge in [-0.3, -0.25) is 9.59 Å². The van der Waals surface area contributed by atoms with Crippen LogP contribution in [-0.2, 0) is 19.1 Å². The molecule has 0 N–H and O–H groups in total. The minimum Gasteiger partial charge on any atom is -0.377 e. The maximum atomic E-state index is 12.9. The first-order chi connectivity index (χ1) is 10.2. The standard InChI is InChI=1S/C16H23NO4/c1-2-15-12(6-8-21-15)16(19)17-7-9-20-10-13(17)11-4-3-5-14(11)18/h2,11-13,15H,1,3-10H2/t11?,12-,13?,15+/m1/s1. The highest BCUT2D eigenvalue weighted by Crippen LogP contribution is 2.32. The van der Waals surface area contributed by atoms with E-state index < -0.39 is 0 Å². The van der Waals surface area contributed by atoms with Crippen molar-refractivity contribution in [2.24, 2.45) is 11.8 Å². The molecule has 5 heteroatoms. The largest absolute Gasteiger partial charge is 0.377 e. The van der Waals surface area contributed by atoms with Gasteiger partial charge in [0.25, 0.3) is 0 Å². The highest BCUT2D eigenvalue weighted by Gasteiger charge is 2.43. The first-order valence-electron chi connectivity index (χ1n) is 7.87. The van der Waals surface area contributed by atoms with E-state index in [0.717, 1.165) is 19.3 Å². The van der Waals surface area contributed by atoms with E-state index in [1.165, 1.54) is 0 Å². The first kappa shape index (κ1) is 14.7. The van der Waals surface area contributed by atoms with E-state index in [4.69, 9.17) is 9.47 Å². The summed E-state index contributed by atoms with van der Waals surface area (Å²) in [6.07, 6.45) is 4.71. The van der Waals surface area contributed by atoms with Crippen molar-refractivity contribution in [3.05, 3.63) is 12.7 Å². The van der Waals surface area contributed by atoms with Crippen LogP contribution in [0.2, 0.25) is 0 Å². The number of ether oxygens (including phenoxy) is 2. The summed E-state index contributed by atoms with van der Waals surface area (Å²) in [7, 11) is 0. The van der Waals surface area contributed by atoms with Crippen LogP contribution < -0.4 is 0 Å². The Bertz CT molecular complexity index is 436.